The summed E-state index contributed by atoms with van der Waals surface area (Å²) in [6.45, 7) is 11.8. The van der Waals surface area contributed by atoms with Crippen LogP contribution < -0.4 is 10.6 Å². The number of carbonyl (C=O) groups excluding carboxylic acids is 2. The minimum atomic E-state index is -0.113. The molecule has 0 fully saturated rings. The Morgan fingerprint density at radius 2 is 1.80 bits per heavy atom. The van der Waals surface area contributed by atoms with E-state index in [2.05, 4.69) is 49.6 Å². The van der Waals surface area contributed by atoms with Gasteiger partial charge < -0.3 is 15.5 Å². The molecule has 0 aromatic heterocycles. The number of nitrogens with zero attached hydrogens (tertiary/aromatic N) is 1. The van der Waals surface area contributed by atoms with Gasteiger partial charge in [0.15, 0.2) is 0 Å². The maximum absolute atomic E-state index is 12.9. The molecule has 0 spiro atoms. The molecule has 0 bridgehead atoms. The zero-order valence-electron chi connectivity index (χ0n) is 19.4. The maximum atomic E-state index is 12.9. The van der Waals surface area contributed by atoms with Crippen molar-refractivity contribution in [1.29, 1.82) is 0 Å². The minimum Gasteiger partial charge on any atom is -0.341 e. The Kier molecular flexibility index (Phi) is 8.94. The largest absolute Gasteiger partial charge is 0.341 e. The molecule has 3 amide bonds. The second kappa shape index (κ2) is 11.2. The van der Waals surface area contributed by atoms with Gasteiger partial charge in [0.1, 0.15) is 0 Å². The molecule has 1 aromatic carbocycles. The highest BCUT2D eigenvalue weighted by Crippen LogP contribution is 2.39. The van der Waals surface area contributed by atoms with E-state index in [0.717, 1.165) is 12.0 Å². The van der Waals surface area contributed by atoms with Crippen LogP contribution in [0.15, 0.2) is 42.0 Å². The molecular formula is C25H39N3O2. The van der Waals surface area contributed by atoms with Crippen LogP contribution in [0.5, 0.6) is 0 Å². The van der Waals surface area contributed by atoms with Crippen molar-refractivity contribution in [3.63, 3.8) is 0 Å². The summed E-state index contributed by atoms with van der Waals surface area (Å²) in [5.74, 6) is 1.70. The van der Waals surface area contributed by atoms with Crippen LogP contribution in [-0.2, 0) is 11.3 Å². The first-order chi connectivity index (χ1) is 14.2. The Morgan fingerprint density at radius 3 is 2.40 bits per heavy atom. The van der Waals surface area contributed by atoms with Crippen molar-refractivity contribution in [2.45, 2.75) is 60.0 Å². The molecule has 0 unspecified atom stereocenters. The molecule has 166 valence electrons. The quantitative estimate of drug-likeness (QED) is 0.612. The highest BCUT2D eigenvalue weighted by Gasteiger charge is 2.33. The van der Waals surface area contributed by atoms with Crippen LogP contribution in [0.2, 0.25) is 0 Å². The van der Waals surface area contributed by atoms with E-state index in [9.17, 15) is 9.59 Å². The first kappa shape index (κ1) is 24.0. The molecular weight excluding hydrogens is 374 g/mol. The van der Waals surface area contributed by atoms with E-state index in [1.54, 1.807) is 0 Å². The molecule has 2 rings (SSSR count). The van der Waals surface area contributed by atoms with Gasteiger partial charge in [0.05, 0.1) is 0 Å². The second-order valence-corrected chi connectivity index (χ2v) is 9.36. The van der Waals surface area contributed by atoms with E-state index in [4.69, 9.17) is 0 Å². The summed E-state index contributed by atoms with van der Waals surface area (Å²) in [6.07, 6.45) is 3.82. The van der Waals surface area contributed by atoms with E-state index in [1.165, 1.54) is 5.57 Å². The average Bonchev–Trinajstić information content (AvgIpc) is 2.67. The summed E-state index contributed by atoms with van der Waals surface area (Å²) in [4.78, 5) is 26.7. The van der Waals surface area contributed by atoms with Crippen LogP contribution in [0.4, 0.5) is 4.79 Å². The first-order valence-corrected chi connectivity index (χ1v) is 11.2. The Hall–Kier alpha value is -2.30. The van der Waals surface area contributed by atoms with Crippen molar-refractivity contribution >= 4 is 11.9 Å². The maximum Gasteiger partial charge on any atom is 0.315 e. The molecule has 0 saturated carbocycles. The van der Waals surface area contributed by atoms with E-state index < -0.39 is 0 Å². The van der Waals surface area contributed by atoms with Crippen molar-refractivity contribution in [3.05, 3.63) is 47.5 Å². The summed E-state index contributed by atoms with van der Waals surface area (Å²) >= 11 is 0. The summed E-state index contributed by atoms with van der Waals surface area (Å²) in [5.41, 5.74) is 2.42. The zero-order valence-corrected chi connectivity index (χ0v) is 19.4. The summed E-state index contributed by atoms with van der Waals surface area (Å²) in [7, 11) is 1.89. The summed E-state index contributed by atoms with van der Waals surface area (Å²) in [6, 6.07) is 10.1. The predicted molar refractivity (Wildman–Crippen MR) is 123 cm³/mol. The highest BCUT2D eigenvalue weighted by atomic mass is 16.2. The molecule has 0 radical (unpaired) electrons. The molecule has 0 aliphatic heterocycles. The molecule has 5 heteroatoms. The van der Waals surface area contributed by atoms with Crippen LogP contribution in [0.25, 0.3) is 0 Å². The number of urea groups is 1. The minimum absolute atomic E-state index is 0.113. The third kappa shape index (κ3) is 7.19. The number of hydrogen-bond acceptors (Lipinski definition) is 2. The highest BCUT2D eigenvalue weighted by molar-refractivity contribution is 5.76. The van der Waals surface area contributed by atoms with Crippen molar-refractivity contribution < 1.29 is 9.59 Å². The van der Waals surface area contributed by atoms with Crippen molar-refractivity contribution in [2.24, 2.45) is 23.7 Å². The normalized spacial score (nSPS) is 21.3. The van der Waals surface area contributed by atoms with Gasteiger partial charge in [-0.1, -0.05) is 55.8 Å². The molecule has 1 aliphatic rings. The topological polar surface area (TPSA) is 61.4 Å². The molecule has 1 aromatic rings. The van der Waals surface area contributed by atoms with Crippen LogP contribution in [0.1, 0.15) is 53.0 Å². The number of rotatable bonds is 8. The Balaban J connectivity index is 1.98. The summed E-state index contributed by atoms with van der Waals surface area (Å²) < 4.78 is 0. The van der Waals surface area contributed by atoms with Gasteiger partial charge in [0.25, 0.3) is 0 Å². The first-order valence-electron chi connectivity index (χ1n) is 11.2. The van der Waals surface area contributed by atoms with Gasteiger partial charge in [-0.05, 0) is 56.4 Å². The monoisotopic (exact) mass is 413 g/mol. The van der Waals surface area contributed by atoms with Gasteiger partial charge in [-0.25, -0.2) is 4.79 Å². The fourth-order valence-corrected chi connectivity index (χ4v) is 4.34. The van der Waals surface area contributed by atoms with Crippen LogP contribution >= 0.6 is 0 Å². The number of amides is 3. The van der Waals surface area contributed by atoms with Crippen molar-refractivity contribution in [2.75, 3.05) is 13.6 Å². The van der Waals surface area contributed by atoms with Crippen LogP contribution in [0.3, 0.4) is 0 Å². The van der Waals surface area contributed by atoms with Gasteiger partial charge >= 0.3 is 6.03 Å². The third-order valence-corrected chi connectivity index (χ3v) is 6.11. The standard InChI is InChI=1S/C25H39N3O2/c1-17(2)23-13-21(14-24(29)28(6)16-20-10-8-7-9-11-20)19(5)12-22(23)15-26-25(30)27-18(3)4/h7-12,17-18,21-23H,13-16H2,1-6H3,(H2,26,27,30)/t21-,22-,23-/m0/s1. The SMILES string of the molecule is CC1=C[C@@H](CNC(=O)NC(C)C)[C@H](C(C)C)C[C@H]1CC(=O)N(C)Cc1ccccc1. The van der Waals surface area contributed by atoms with Gasteiger partial charge in [-0.3, -0.25) is 4.79 Å². The predicted octanol–water partition coefficient (Wildman–Crippen LogP) is 4.60. The molecule has 2 N–H and O–H groups in total. The zero-order chi connectivity index (χ0) is 22.3. The van der Waals surface area contributed by atoms with E-state index in [-0.39, 0.29) is 23.9 Å². The molecule has 0 heterocycles. The van der Waals surface area contributed by atoms with Crippen molar-refractivity contribution in [3.8, 4) is 0 Å². The molecule has 1 aliphatic carbocycles. The van der Waals surface area contributed by atoms with E-state index in [1.807, 2.05) is 44.0 Å². The number of benzene rings is 1. The van der Waals surface area contributed by atoms with E-state index >= 15 is 0 Å². The fourth-order valence-electron chi connectivity index (χ4n) is 4.34. The average molecular weight is 414 g/mol. The van der Waals surface area contributed by atoms with Crippen LogP contribution in [-0.4, -0.2) is 36.5 Å². The molecule has 0 saturated heterocycles. The Bertz CT molecular complexity index is 727. The van der Waals surface area contributed by atoms with Gasteiger partial charge in [0, 0.05) is 32.6 Å². The second-order valence-electron chi connectivity index (χ2n) is 9.36. The summed E-state index contributed by atoms with van der Waals surface area (Å²) in [5, 5.41) is 5.90. The number of nitrogens with one attached hydrogen (secondary N) is 2. The third-order valence-electron chi connectivity index (χ3n) is 6.11. The number of hydrogen-bond donors (Lipinski definition) is 2. The Labute approximate surface area is 182 Å². The van der Waals surface area contributed by atoms with Crippen molar-refractivity contribution in [1.82, 2.24) is 15.5 Å². The fraction of sp³-hybridized carbons (Fsp3) is 0.600. The molecule has 30 heavy (non-hydrogen) atoms. The van der Waals surface area contributed by atoms with Gasteiger partial charge in [-0.15, -0.1) is 0 Å². The lowest BCUT2D eigenvalue weighted by Crippen LogP contribution is -2.43. The number of carbonyl (C=O) groups is 2. The lowest BCUT2D eigenvalue weighted by atomic mass is 9.69. The molecule has 3 atom stereocenters. The molecule has 5 nitrogen and oxygen atoms in total. The Morgan fingerprint density at radius 1 is 1.13 bits per heavy atom. The van der Waals surface area contributed by atoms with Gasteiger partial charge in [-0.2, -0.15) is 0 Å². The number of allylic oxidation sites excluding steroid dienone is 1. The van der Waals surface area contributed by atoms with Gasteiger partial charge in [0.2, 0.25) is 5.91 Å². The van der Waals surface area contributed by atoms with E-state index in [0.29, 0.717) is 37.3 Å². The smallest absolute Gasteiger partial charge is 0.315 e. The lowest BCUT2D eigenvalue weighted by Gasteiger charge is -2.37. The lowest BCUT2D eigenvalue weighted by molar-refractivity contribution is -0.131. The van der Waals surface area contributed by atoms with Crippen LogP contribution in [0, 0.1) is 23.7 Å².